The van der Waals surface area contributed by atoms with E-state index in [4.69, 9.17) is 5.11 Å². The highest BCUT2D eigenvalue weighted by molar-refractivity contribution is 5.88. The lowest BCUT2D eigenvalue weighted by Crippen LogP contribution is -1.96. The quantitative estimate of drug-likeness (QED) is 0.754. The Morgan fingerprint density at radius 3 is 2.93 bits per heavy atom. The second-order valence-corrected chi connectivity index (χ2v) is 2.83. The lowest BCUT2D eigenvalue weighted by atomic mass is 10.1. The van der Waals surface area contributed by atoms with Gasteiger partial charge in [0.05, 0.1) is 11.3 Å². The molecule has 0 spiro atoms. The molecule has 0 saturated heterocycles. The predicted molar refractivity (Wildman–Crippen MR) is 51.0 cm³/mol. The summed E-state index contributed by atoms with van der Waals surface area (Å²) in [6, 6.07) is 4.86. The van der Waals surface area contributed by atoms with E-state index in [1.54, 1.807) is 18.5 Å². The smallest absolute Gasteiger partial charge is 0.335 e. The number of rotatable bonds is 2. The van der Waals surface area contributed by atoms with E-state index >= 15 is 0 Å². The summed E-state index contributed by atoms with van der Waals surface area (Å²) in [5.74, 6) is -0.941. The van der Waals surface area contributed by atoms with Crippen LogP contribution in [0.2, 0.25) is 0 Å². The first-order valence-corrected chi connectivity index (χ1v) is 4.10. The minimum Gasteiger partial charge on any atom is -0.478 e. The largest absolute Gasteiger partial charge is 0.478 e. The minimum absolute atomic E-state index is 0.246. The summed E-state index contributed by atoms with van der Waals surface area (Å²) in [4.78, 5) is 17.7. The molecule has 2 rings (SSSR count). The fraction of sp³-hybridized carbons (Fsp3) is 0. The number of aromatic nitrogens is 2. The van der Waals surface area contributed by atoms with Crippen molar-refractivity contribution in [2.75, 3.05) is 0 Å². The average molecular weight is 188 g/mol. The van der Waals surface area contributed by atoms with Crippen LogP contribution in [0.25, 0.3) is 11.3 Å². The van der Waals surface area contributed by atoms with Gasteiger partial charge in [-0.25, -0.2) is 4.79 Å². The molecule has 4 heteroatoms. The number of carbonyl (C=O) groups is 1. The Bertz CT molecular complexity index is 449. The van der Waals surface area contributed by atoms with Gasteiger partial charge in [0.1, 0.15) is 0 Å². The molecule has 0 amide bonds. The third-order valence-electron chi connectivity index (χ3n) is 1.90. The Morgan fingerprint density at radius 2 is 2.29 bits per heavy atom. The molecule has 2 heterocycles. The van der Waals surface area contributed by atoms with E-state index in [0.717, 1.165) is 5.56 Å². The Balaban J connectivity index is 2.46. The van der Waals surface area contributed by atoms with Crippen LogP contribution in [0, 0.1) is 0 Å². The number of aromatic carboxylic acids is 1. The van der Waals surface area contributed by atoms with Crippen LogP contribution in [-0.2, 0) is 0 Å². The highest BCUT2D eigenvalue weighted by Gasteiger charge is 2.05. The fourth-order valence-electron chi connectivity index (χ4n) is 1.20. The van der Waals surface area contributed by atoms with Crippen molar-refractivity contribution in [2.45, 2.75) is 0 Å². The Hall–Kier alpha value is -2.10. The molecule has 0 aliphatic heterocycles. The minimum atomic E-state index is -0.941. The monoisotopic (exact) mass is 188 g/mol. The molecule has 2 aromatic rings. The third kappa shape index (κ3) is 1.50. The normalized spacial score (nSPS) is 10.0. The van der Waals surface area contributed by atoms with Crippen LogP contribution in [0.15, 0.2) is 36.8 Å². The Kier molecular flexibility index (Phi) is 2.02. The lowest BCUT2D eigenvalue weighted by Gasteiger charge is -1.97. The second kappa shape index (κ2) is 3.33. The standard InChI is InChI=1S/C10H8N2O2/c13-10(14)7-2-4-12-9(5-7)8-1-3-11-6-8/h1-6,11H,(H,13,14). The van der Waals surface area contributed by atoms with Crippen molar-refractivity contribution in [1.29, 1.82) is 0 Å². The molecule has 0 bridgehead atoms. The molecule has 0 aromatic carbocycles. The first-order valence-electron chi connectivity index (χ1n) is 4.10. The topological polar surface area (TPSA) is 66.0 Å². The molecule has 2 aromatic heterocycles. The number of nitrogens with one attached hydrogen (secondary N) is 1. The van der Waals surface area contributed by atoms with Gasteiger partial charge in [0.25, 0.3) is 0 Å². The highest BCUT2D eigenvalue weighted by Crippen LogP contribution is 2.16. The Morgan fingerprint density at radius 1 is 1.43 bits per heavy atom. The molecule has 2 N–H and O–H groups in total. The zero-order valence-electron chi connectivity index (χ0n) is 7.27. The molecule has 0 unspecified atom stereocenters. The van der Waals surface area contributed by atoms with Gasteiger partial charge in [-0.1, -0.05) is 0 Å². The van der Waals surface area contributed by atoms with Crippen molar-refractivity contribution in [3.63, 3.8) is 0 Å². The van der Waals surface area contributed by atoms with E-state index < -0.39 is 5.97 Å². The number of pyridine rings is 1. The number of carboxylic acid groups (broad SMARTS) is 1. The molecule has 4 nitrogen and oxygen atoms in total. The number of hydrogen-bond donors (Lipinski definition) is 2. The van der Waals surface area contributed by atoms with E-state index in [-0.39, 0.29) is 5.56 Å². The summed E-state index contributed by atoms with van der Waals surface area (Å²) in [6.07, 6.45) is 5.03. The predicted octanol–water partition coefficient (Wildman–Crippen LogP) is 1.77. The maximum atomic E-state index is 10.7. The molecule has 0 radical (unpaired) electrons. The number of carboxylic acids is 1. The van der Waals surface area contributed by atoms with Gasteiger partial charge in [0, 0.05) is 24.2 Å². The van der Waals surface area contributed by atoms with Gasteiger partial charge in [0.2, 0.25) is 0 Å². The Labute approximate surface area is 80.2 Å². The molecular weight excluding hydrogens is 180 g/mol. The molecule has 0 aliphatic carbocycles. The molecule has 0 atom stereocenters. The van der Waals surface area contributed by atoms with Gasteiger partial charge >= 0.3 is 5.97 Å². The lowest BCUT2D eigenvalue weighted by molar-refractivity contribution is 0.0697. The fourth-order valence-corrected chi connectivity index (χ4v) is 1.20. The summed E-state index contributed by atoms with van der Waals surface area (Å²) in [5.41, 5.74) is 1.79. The second-order valence-electron chi connectivity index (χ2n) is 2.83. The average Bonchev–Trinajstić information content (AvgIpc) is 2.71. The van der Waals surface area contributed by atoms with Crippen molar-refractivity contribution >= 4 is 5.97 Å². The summed E-state index contributed by atoms with van der Waals surface area (Å²) in [7, 11) is 0. The first-order chi connectivity index (χ1) is 6.77. The number of H-pyrrole nitrogens is 1. The molecule has 0 aliphatic rings. The van der Waals surface area contributed by atoms with Crippen LogP contribution in [0.3, 0.4) is 0 Å². The third-order valence-corrected chi connectivity index (χ3v) is 1.90. The van der Waals surface area contributed by atoms with Crippen LogP contribution in [-0.4, -0.2) is 21.0 Å². The number of aromatic amines is 1. The summed E-state index contributed by atoms with van der Waals surface area (Å²) >= 11 is 0. The van der Waals surface area contributed by atoms with Crippen molar-refractivity contribution in [2.24, 2.45) is 0 Å². The van der Waals surface area contributed by atoms with Crippen LogP contribution in [0.4, 0.5) is 0 Å². The van der Waals surface area contributed by atoms with E-state index in [2.05, 4.69) is 9.97 Å². The van der Waals surface area contributed by atoms with E-state index in [0.29, 0.717) is 5.69 Å². The van der Waals surface area contributed by atoms with Crippen LogP contribution in [0.5, 0.6) is 0 Å². The summed E-state index contributed by atoms with van der Waals surface area (Å²) in [5, 5.41) is 8.77. The molecule has 14 heavy (non-hydrogen) atoms. The van der Waals surface area contributed by atoms with Gasteiger partial charge in [-0.3, -0.25) is 4.98 Å². The van der Waals surface area contributed by atoms with E-state index in [1.165, 1.54) is 12.3 Å². The highest BCUT2D eigenvalue weighted by atomic mass is 16.4. The van der Waals surface area contributed by atoms with Crippen LogP contribution in [0.1, 0.15) is 10.4 Å². The van der Waals surface area contributed by atoms with Gasteiger partial charge < -0.3 is 10.1 Å². The van der Waals surface area contributed by atoms with Crippen LogP contribution < -0.4 is 0 Å². The maximum Gasteiger partial charge on any atom is 0.335 e. The van der Waals surface area contributed by atoms with Crippen LogP contribution >= 0.6 is 0 Å². The first kappa shape index (κ1) is 8.50. The molecule has 0 fully saturated rings. The number of hydrogen-bond acceptors (Lipinski definition) is 2. The number of nitrogens with zero attached hydrogens (tertiary/aromatic N) is 1. The zero-order valence-corrected chi connectivity index (χ0v) is 7.27. The summed E-state index contributed by atoms with van der Waals surface area (Å²) in [6.45, 7) is 0. The van der Waals surface area contributed by atoms with Gasteiger partial charge in [-0.05, 0) is 18.2 Å². The zero-order chi connectivity index (χ0) is 9.97. The molecule has 0 saturated carbocycles. The molecular formula is C10H8N2O2. The van der Waals surface area contributed by atoms with E-state index in [9.17, 15) is 4.79 Å². The van der Waals surface area contributed by atoms with Crippen molar-refractivity contribution in [1.82, 2.24) is 9.97 Å². The maximum absolute atomic E-state index is 10.7. The van der Waals surface area contributed by atoms with Gasteiger partial charge in [-0.2, -0.15) is 0 Å². The SMILES string of the molecule is O=C(O)c1ccnc(-c2cc[nH]c2)c1. The van der Waals surface area contributed by atoms with Crippen molar-refractivity contribution in [3.8, 4) is 11.3 Å². The van der Waals surface area contributed by atoms with Gasteiger partial charge in [0.15, 0.2) is 0 Å². The summed E-state index contributed by atoms with van der Waals surface area (Å²) < 4.78 is 0. The van der Waals surface area contributed by atoms with Crippen molar-refractivity contribution < 1.29 is 9.90 Å². The molecule has 70 valence electrons. The van der Waals surface area contributed by atoms with E-state index in [1.807, 2.05) is 6.07 Å². The van der Waals surface area contributed by atoms with Gasteiger partial charge in [-0.15, -0.1) is 0 Å². The van der Waals surface area contributed by atoms with Crippen molar-refractivity contribution in [3.05, 3.63) is 42.4 Å².